The van der Waals surface area contributed by atoms with Crippen molar-refractivity contribution in [3.05, 3.63) is 26.6 Å². The lowest BCUT2D eigenvalue weighted by Gasteiger charge is -2.11. The number of hydrogen-bond donors (Lipinski definition) is 1. The van der Waals surface area contributed by atoms with Gasteiger partial charge in [-0.15, -0.1) is 11.3 Å². The van der Waals surface area contributed by atoms with Crippen LogP contribution >= 0.6 is 11.3 Å². The quantitative estimate of drug-likeness (QED) is 0.825. The number of rotatable bonds is 4. The van der Waals surface area contributed by atoms with E-state index in [1.807, 2.05) is 0 Å². The summed E-state index contributed by atoms with van der Waals surface area (Å²) in [6.45, 7) is 2.11. The summed E-state index contributed by atoms with van der Waals surface area (Å²) in [4.78, 5) is 42.5. The highest BCUT2D eigenvalue weighted by Gasteiger charge is 2.25. The van der Waals surface area contributed by atoms with Gasteiger partial charge in [-0.2, -0.15) is 0 Å². The van der Waals surface area contributed by atoms with Gasteiger partial charge >= 0.3 is 5.97 Å². The van der Waals surface area contributed by atoms with Crippen LogP contribution in [0, 0.1) is 6.92 Å². The normalized spacial score (nSPS) is 16.8. The number of thiophene rings is 1. The lowest BCUT2D eigenvalue weighted by atomic mass is 10.2. The van der Waals surface area contributed by atoms with E-state index < -0.39 is 5.97 Å². The summed E-state index contributed by atoms with van der Waals surface area (Å²) in [6.07, 6.45) is 5.91. The van der Waals surface area contributed by atoms with Gasteiger partial charge < -0.3 is 10.1 Å². The third-order valence-electron chi connectivity index (χ3n) is 5.15. The van der Waals surface area contributed by atoms with Crippen LogP contribution in [0.4, 0.5) is 0 Å². The van der Waals surface area contributed by atoms with E-state index in [-0.39, 0.29) is 24.1 Å². The topological polar surface area (TPSA) is 90.3 Å². The maximum absolute atomic E-state index is 12.6. The SMILES string of the molecule is Cc1c(C(=O)OCC(=O)NC2CCCC2)sc2nc3n(c(=O)c12)CCC3. The minimum Gasteiger partial charge on any atom is -0.451 e. The van der Waals surface area contributed by atoms with Crippen LogP contribution in [0.2, 0.25) is 0 Å². The smallest absolute Gasteiger partial charge is 0.349 e. The van der Waals surface area contributed by atoms with Crippen molar-refractivity contribution in [3.63, 3.8) is 0 Å². The van der Waals surface area contributed by atoms with Gasteiger partial charge in [-0.1, -0.05) is 12.8 Å². The molecule has 0 radical (unpaired) electrons. The molecule has 0 bridgehead atoms. The largest absolute Gasteiger partial charge is 0.451 e. The van der Waals surface area contributed by atoms with Crippen molar-refractivity contribution in [2.45, 2.75) is 58.0 Å². The Morgan fingerprint density at radius 2 is 2.08 bits per heavy atom. The van der Waals surface area contributed by atoms with Gasteiger partial charge in [0.15, 0.2) is 6.61 Å². The number of hydrogen-bond acceptors (Lipinski definition) is 6. The molecule has 26 heavy (non-hydrogen) atoms. The fourth-order valence-corrected chi connectivity index (χ4v) is 4.89. The first-order valence-corrected chi connectivity index (χ1v) is 9.85. The Morgan fingerprint density at radius 1 is 1.31 bits per heavy atom. The first-order chi connectivity index (χ1) is 12.5. The third kappa shape index (κ3) is 3.02. The number of nitrogens with zero attached hydrogens (tertiary/aromatic N) is 2. The molecule has 0 unspecified atom stereocenters. The number of aromatic nitrogens is 2. The van der Waals surface area contributed by atoms with Gasteiger partial charge in [0.1, 0.15) is 15.5 Å². The van der Waals surface area contributed by atoms with Crippen LogP contribution in [0.5, 0.6) is 0 Å². The van der Waals surface area contributed by atoms with E-state index >= 15 is 0 Å². The number of carbonyl (C=O) groups excluding carboxylic acids is 2. The number of ether oxygens (including phenoxy) is 1. The van der Waals surface area contributed by atoms with Gasteiger partial charge in [-0.3, -0.25) is 14.2 Å². The number of fused-ring (bicyclic) bond motifs is 2. The highest BCUT2D eigenvalue weighted by molar-refractivity contribution is 7.20. The van der Waals surface area contributed by atoms with Crippen molar-refractivity contribution in [2.24, 2.45) is 0 Å². The van der Waals surface area contributed by atoms with Gasteiger partial charge in [0.2, 0.25) is 0 Å². The van der Waals surface area contributed by atoms with Gasteiger partial charge in [0, 0.05) is 19.0 Å². The molecule has 3 heterocycles. The van der Waals surface area contributed by atoms with Crippen molar-refractivity contribution in [1.82, 2.24) is 14.9 Å². The molecular weight excluding hydrogens is 354 g/mol. The van der Waals surface area contributed by atoms with Crippen molar-refractivity contribution in [2.75, 3.05) is 6.61 Å². The Hall–Kier alpha value is -2.22. The van der Waals surface area contributed by atoms with E-state index in [1.54, 1.807) is 11.5 Å². The molecule has 4 rings (SSSR count). The van der Waals surface area contributed by atoms with Crippen molar-refractivity contribution >= 4 is 33.4 Å². The molecule has 2 aromatic heterocycles. The molecule has 8 heteroatoms. The summed E-state index contributed by atoms with van der Waals surface area (Å²) in [6, 6.07) is 0.193. The molecule has 1 amide bonds. The highest BCUT2D eigenvalue weighted by Crippen LogP contribution is 2.29. The van der Waals surface area contributed by atoms with Crippen molar-refractivity contribution in [1.29, 1.82) is 0 Å². The van der Waals surface area contributed by atoms with Gasteiger partial charge in [-0.25, -0.2) is 9.78 Å². The lowest BCUT2D eigenvalue weighted by Crippen LogP contribution is -2.35. The first-order valence-electron chi connectivity index (χ1n) is 9.04. The minimum absolute atomic E-state index is 0.0886. The maximum atomic E-state index is 12.6. The Balaban J connectivity index is 1.50. The molecule has 0 atom stereocenters. The number of nitrogens with one attached hydrogen (secondary N) is 1. The third-order valence-corrected chi connectivity index (χ3v) is 6.32. The summed E-state index contributed by atoms with van der Waals surface area (Å²) in [5.74, 6) is -0.0718. The molecule has 7 nitrogen and oxygen atoms in total. The monoisotopic (exact) mass is 375 g/mol. The van der Waals surface area contributed by atoms with Crippen molar-refractivity contribution < 1.29 is 14.3 Å². The fraction of sp³-hybridized carbons (Fsp3) is 0.556. The zero-order valence-electron chi connectivity index (χ0n) is 14.7. The molecule has 2 aromatic rings. The van der Waals surface area contributed by atoms with Gasteiger partial charge in [-0.05, 0) is 31.7 Å². The predicted octanol–water partition coefficient (Wildman–Crippen LogP) is 1.93. The summed E-state index contributed by atoms with van der Waals surface area (Å²) in [5, 5.41) is 3.38. The van der Waals surface area contributed by atoms with Crippen LogP contribution in [0.3, 0.4) is 0 Å². The molecule has 1 aliphatic heterocycles. The van der Waals surface area contributed by atoms with Crippen LogP contribution < -0.4 is 10.9 Å². The molecule has 1 N–H and O–H groups in total. The van der Waals surface area contributed by atoms with E-state index in [9.17, 15) is 14.4 Å². The molecule has 0 aromatic carbocycles. The Labute approximate surface area is 154 Å². The predicted molar refractivity (Wildman–Crippen MR) is 97.6 cm³/mol. The Kier molecular flexibility index (Phi) is 4.52. The molecule has 1 fully saturated rings. The van der Waals surface area contributed by atoms with Crippen LogP contribution in [-0.2, 0) is 22.5 Å². The maximum Gasteiger partial charge on any atom is 0.349 e. The minimum atomic E-state index is -0.573. The van der Waals surface area contributed by atoms with Crippen LogP contribution in [0.25, 0.3) is 10.2 Å². The first kappa shape index (κ1) is 17.2. The average Bonchev–Trinajstić information content (AvgIpc) is 3.34. The molecule has 1 saturated carbocycles. The molecule has 0 spiro atoms. The molecule has 138 valence electrons. The number of carbonyl (C=O) groups is 2. The lowest BCUT2D eigenvalue weighted by molar-refractivity contribution is -0.124. The zero-order valence-corrected chi connectivity index (χ0v) is 15.5. The van der Waals surface area contributed by atoms with Crippen molar-refractivity contribution in [3.8, 4) is 0 Å². The summed E-state index contributed by atoms with van der Waals surface area (Å²) in [5.41, 5.74) is 0.500. The van der Waals surface area contributed by atoms with Gasteiger partial charge in [0.25, 0.3) is 11.5 Å². The summed E-state index contributed by atoms with van der Waals surface area (Å²) >= 11 is 1.17. The van der Waals surface area contributed by atoms with E-state index in [2.05, 4.69) is 10.3 Å². The second kappa shape index (κ2) is 6.83. The van der Waals surface area contributed by atoms with E-state index in [4.69, 9.17) is 4.74 Å². The standard InChI is InChI=1S/C18H21N3O4S/c1-10-14-16(20-12-7-4-8-21(12)17(14)23)26-15(10)18(24)25-9-13(22)19-11-5-2-3-6-11/h11H,2-9H2,1H3,(H,19,22). The zero-order chi connectivity index (χ0) is 18.3. The Bertz CT molecular complexity index is 940. The molecule has 0 saturated heterocycles. The average molecular weight is 375 g/mol. The highest BCUT2D eigenvalue weighted by atomic mass is 32.1. The fourth-order valence-electron chi connectivity index (χ4n) is 3.81. The van der Waals surface area contributed by atoms with Gasteiger partial charge in [0.05, 0.1) is 5.39 Å². The number of aryl methyl sites for hydroxylation is 2. The number of amides is 1. The second-order valence-corrected chi connectivity index (χ2v) is 7.95. The summed E-state index contributed by atoms with van der Waals surface area (Å²) < 4.78 is 6.86. The van der Waals surface area contributed by atoms with Crippen LogP contribution in [0.15, 0.2) is 4.79 Å². The van der Waals surface area contributed by atoms with E-state index in [0.29, 0.717) is 27.2 Å². The van der Waals surface area contributed by atoms with E-state index in [0.717, 1.165) is 44.3 Å². The van der Waals surface area contributed by atoms with E-state index in [1.165, 1.54) is 11.3 Å². The molecule has 2 aliphatic rings. The number of esters is 1. The summed E-state index contributed by atoms with van der Waals surface area (Å²) in [7, 11) is 0. The van der Waals surface area contributed by atoms with Crippen LogP contribution in [0.1, 0.15) is 53.2 Å². The Morgan fingerprint density at radius 3 is 2.85 bits per heavy atom. The molecular formula is C18H21N3O4S. The second-order valence-electron chi connectivity index (χ2n) is 6.95. The van der Waals surface area contributed by atoms with Crippen LogP contribution in [-0.4, -0.2) is 34.1 Å². The molecule has 1 aliphatic carbocycles.